The largest absolute Gasteiger partial charge is 0.378 e. The second-order valence-electron chi connectivity index (χ2n) is 7.12. The van der Waals surface area contributed by atoms with Gasteiger partial charge in [-0.15, -0.1) is 5.10 Å². The molecule has 0 saturated heterocycles. The number of nitrogens with zero attached hydrogens (tertiary/aromatic N) is 5. The SMILES string of the molecule is CCOC1CC(N(C)C(=O)Cc2ccc(-n3cnnn3)cc2)C1(C)C. The maximum Gasteiger partial charge on any atom is 0.227 e. The lowest BCUT2D eigenvalue weighted by Gasteiger charge is -2.54. The van der Waals surface area contributed by atoms with Crippen LogP contribution in [0.3, 0.4) is 0 Å². The normalized spacial score (nSPS) is 21.6. The van der Waals surface area contributed by atoms with Crippen molar-refractivity contribution in [2.45, 2.75) is 45.8 Å². The lowest BCUT2D eigenvalue weighted by Crippen LogP contribution is -2.62. The van der Waals surface area contributed by atoms with Crippen LogP contribution in [-0.4, -0.2) is 56.8 Å². The summed E-state index contributed by atoms with van der Waals surface area (Å²) in [6.45, 7) is 7.07. The van der Waals surface area contributed by atoms with E-state index in [0.717, 1.165) is 17.7 Å². The summed E-state index contributed by atoms with van der Waals surface area (Å²) in [5.41, 5.74) is 1.84. The van der Waals surface area contributed by atoms with Gasteiger partial charge in [0, 0.05) is 25.1 Å². The highest BCUT2D eigenvalue weighted by atomic mass is 16.5. The lowest BCUT2D eigenvalue weighted by molar-refractivity contribution is -0.162. The molecule has 2 unspecified atom stereocenters. The van der Waals surface area contributed by atoms with E-state index < -0.39 is 0 Å². The molecule has 7 heteroatoms. The number of carbonyl (C=O) groups excluding carboxylic acids is 1. The van der Waals surface area contributed by atoms with Gasteiger partial charge in [-0.05, 0) is 41.5 Å². The Hall–Kier alpha value is -2.28. The van der Waals surface area contributed by atoms with Crippen molar-refractivity contribution in [1.82, 2.24) is 25.1 Å². The van der Waals surface area contributed by atoms with Crippen LogP contribution in [0.25, 0.3) is 5.69 Å². The molecular formula is C18H25N5O2. The molecule has 134 valence electrons. The van der Waals surface area contributed by atoms with E-state index in [2.05, 4.69) is 29.4 Å². The molecular weight excluding hydrogens is 318 g/mol. The van der Waals surface area contributed by atoms with Crippen LogP contribution in [0.5, 0.6) is 0 Å². The number of rotatable bonds is 6. The number of hydrogen-bond acceptors (Lipinski definition) is 5. The van der Waals surface area contributed by atoms with Crippen LogP contribution >= 0.6 is 0 Å². The smallest absolute Gasteiger partial charge is 0.227 e. The summed E-state index contributed by atoms with van der Waals surface area (Å²) in [7, 11) is 1.90. The summed E-state index contributed by atoms with van der Waals surface area (Å²) in [4.78, 5) is 14.5. The van der Waals surface area contributed by atoms with Crippen molar-refractivity contribution in [2.24, 2.45) is 5.41 Å². The minimum atomic E-state index is -0.00955. The van der Waals surface area contributed by atoms with Crippen LogP contribution in [0.1, 0.15) is 32.8 Å². The van der Waals surface area contributed by atoms with Crippen molar-refractivity contribution in [2.75, 3.05) is 13.7 Å². The van der Waals surface area contributed by atoms with Crippen LogP contribution in [-0.2, 0) is 16.0 Å². The van der Waals surface area contributed by atoms with Crippen LogP contribution in [0, 0.1) is 5.41 Å². The first-order valence-corrected chi connectivity index (χ1v) is 8.63. The fraction of sp³-hybridized carbons (Fsp3) is 0.556. The quantitative estimate of drug-likeness (QED) is 0.800. The third-order valence-electron chi connectivity index (χ3n) is 5.26. The van der Waals surface area contributed by atoms with Gasteiger partial charge >= 0.3 is 0 Å². The van der Waals surface area contributed by atoms with E-state index in [9.17, 15) is 4.79 Å². The number of ether oxygens (including phenoxy) is 1. The van der Waals surface area contributed by atoms with Crippen molar-refractivity contribution >= 4 is 5.91 Å². The predicted octanol–water partition coefficient (Wildman–Crippen LogP) is 1.87. The summed E-state index contributed by atoms with van der Waals surface area (Å²) in [6.07, 6.45) is 3.06. The lowest BCUT2D eigenvalue weighted by atomic mass is 9.63. The molecule has 7 nitrogen and oxygen atoms in total. The maximum atomic E-state index is 12.7. The van der Waals surface area contributed by atoms with Gasteiger partial charge in [-0.25, -0.2) is 4.68 Å². The molecule has 0 bridgehead atoms. The molecule has 25 heavy (non-hydrogen) atoms. The van der Waals surface area contributed by atoms with E-state index in [1.807, 2.05) is 43.1 Å². The molecule has 1 amide bonds. The Kier molecular flexibility index (Phi) is 4.85. The number of aromatic nitrogens is 4. The first-order chi connectivity index (χ1) is 11.9. The van der Waals surface area contributed by atoms with Gasteiger partial charge in [-0.1, -0.05) is 26.0 Å². The average Bonchev–Trinajstić information content (AvgIpc) is 3.13. The second-order valence-corrected chi connectivity index (χ2v) is 7.12. The molecule has 2 atom stereocenters. The first-order valence-electron chi connectivity index (χ1n) is 8.63. The van der Waals surface area contributed by atoms with Gasteiger partial charge in [0.2, 0.25) is 5.91 Å². The molecule has 1 aromatic heterocycles. The first kappa shape index (κ1) is 17.5. The fourth-order valence-corrected chi connectivity index (χ4v) is 3.52. The summed E-state index contributed by atoms with van der Waals surface area (Å²) in [5, 5.41) is 11.1. The van der Waals surface area contributed by atoms with Crippen LogP contribution in [0.2, 0.25) is 0 Å². The van der Waals surface area contributed by atoms with E-state index in [1.54, 1.807) is 11.0 Å². The van der Waals surface area contributed by atoms with Crippen molar-refractivity contribution in [3.63, 3.8) is 0 Å². The predicted molar refractivity (Wildman–Crippen MR) is 93.2 cm³/mol. The van der Waals surface area contributed by atoms with Crippen molar-refractivity contribution < 1.29 is 9.53 Å². The zero-order chi connectivity index (χ0) is 18.0. The molecule has 0 radical (unpaired) electrons. The van der Waals surface area contributed by atoms with E-state index in [-0.39, 0.29) is 23.5 Å². The Labute approximate surface area is 148 Å². The maximum absolute atomic E-state index is 12.7. The van der Waals surface area contributed by atoms with Crippen LogP contribution < -0.4 is 0 Å². The zero-order valence-corrected chi connectivity index (χ0v) is 15.2. The third-order valence-corrected chi connectivity index (χ3v) is 5.26. The summed E-state index contributed by atoms with van der Waals surface area (Å²) >= 11 is 0. The molecule has 2 aromatic rings. The van der Waals surface area contributed by atoms with Gasteiger partial charge in [-0.3, -0.25) is 4.79 Å². The summed E-state index contributed by atoms with van der Waals surface area (Å²) in [6, 6.07) is 7.93. The van der Waals surface area contributed by atoms with Crippen molar-refractivity contribution in [3.05, 3.63) is 36.2 Å². The minimum absolute atomic E-state index is 0.00955. The number of likely N-dealkylation sites (N-methyl/N-ethyl adjacent to an activating group) is 1. The average molecular weight is 343 g/mol. The van der Waals surface area contributed by atoms with Crippen LogP contribution in [0.15, 0.2) is 30.6 Å². The van der Waals surface area contributed by atoms with E-state index in [0.29, 0.717) is 13.0 Å². The van der Waals surface area contributed by atoms with Crippen molar-refractivity contribution in [1.29, 1.82) is 0 Å². The zero-order valence-electron chi connectivity index (χ0n) is 15.2. The molecule has 1 aliphatic carbocycles. The molecule has 0 aliphatic heterocycles. The molecule has 1 aliphatic rings. The Morgan fingerprint density at radius 2 is 2.08 bits per heavy atom. The number of tetrazole rings is 1. The molecule has 1 aromatic carbocycles. The van der Waals surface area contributed by atoms with Gasteiger partial charge in [0.15, 0.2) is 0 Å². The minimum Gasteiger partial charge on any atom is -0.378 e. The summed E-state index contributed by atoms with van der Waals surface area (Å²) < 4.78 is 7.35. The van der Waals surface area contributed by atoms with Gasteiger partial charge in [0.05, 0.1) is 18.2 Å². The molecule has 0 spiro atoms. The molecule has 0 N–H and O–H groups in total. The van der Waals surface area contributed by atoms with Crippen molar-refractivity contribution in [3.8, 4) is 5.69 Å². The van der Waals surface area contributed by atoms with Gasteiger partial charge in [0.25, 0.3) is 0 Å². The highest BCUT2D eigenvalue weighted by Gasteiger charge is 2.51. The summed E-state index contributed by atoms with van der Waals surface area (Å²) in [5.74, 6) is 0.128. The highest BCUT2D eigenvalue weighted by Crippen LogP contribution is 2.45. The highest BCUT2D eigenvalue weighted by molar-refractivity contribution is 5.79. The second kappa shape index (κ2) is 6.92. The Morgan fingerprint density at radius 1 is 1.36 bits per heavy atom. The number of benzene rings is 1. The third kappa shape index (κ3) is 3.42. The standard InChI is InChI=1S/C18H25N5O2/c1-5-25-16-11-15(18(16,2)3)22(4)17(24)10-13-6-8-14(9-7-13)23-12-19-20-21-23/h6-9,12,15-16H,5,10-11H2,1-4H3. The van der Waals surface area contributed by atoms with Gasteiger partial charge in [0.1, 0.15) is 6.33 Å². The molecule has 3 rings (SSSR count). The van der Waals surface area contributed by atoms with Crippen LogP contribution in [0.4, 0.5) is 0 Å². The monoisotopic (exact) mass is 343 g/mol. The van der Waals surface area contributed by atoms with E-state index in [1.165, 1.54) is 0 Å². The number of amides is 1. The fourth-order valence-electron chi connectivity index (χ4n) is 3.52. The van der Waals surface area contributed by atoms with E-state index in [4.69, 9.17) is 4.74 Å². The Bertz CT molecular complexity index is 712. The number of hydrogen-bond donors (Lipinski definition) is 0. The molecule has 1 saturated carbocycles. The topological polar surface area (TPSA) is 73.1 Å². The van der Waals surface area contributed by atoms with Gasteiger partial charge in [-0.2, -0.15) is 0 Å². The Balaban J connectivity index is 1.60. The Morgan fingerprint density at radius 3 is 2.64 bits per heavy atom. The molecule has 1 fully saturated rings. The van der Waals surface area contributed by atoms with E-state index >= 15 is 0 Å². The molecule has 1 heterocycles. The van der Waals surface area contributed by atoms with Gasteiger partial charge < -0.3 is 9.64 Å². The number of carbonyl (C=O) groups is 1.